The Bertz CT molecular complexity index is 406. The zero-order chi connectivity index (χ0) is 11.4. The maximum absolute atomic E-state index is 5.42. The van der Waals surface area contributed by atoms with E-state index >= 15 is 0 Å². The highest BCUT2D eigenvalue weighted by Gasteiger charge is 2.21. The number of terminal acetylenes is 1. The van der Waals surface area contributed by atoms with Gasteiger partial charge in [-0.1, -0.05) is 18.9 Å². The number of aryl methyl sites for hydroxylation is 1. The molecule has 0 bridgehead atoms. The second kappa shape index (κ2) is 5.05. The third-order valence-electron chi connectivity index (χ3n) is 2.96. The van der Waals surface area contributed by atoms with Gasteiger partial charge >= 0.3 is 0 Å². The second-order valence-electron chi connectivity index (χ2n) is 4.00. The van der Waals surface area contributed by atoms with Gasteiger partial charge in [-0.2, -0.15) is 0 Å². The molecule has 0 aliphatic heterocycles. The van der Waals surface area contributed by atoms with Gasteiger partial charge in [-0.05, 0) is 42.6 Å². The summed E-state index contributed by atoms with van der Waals surface area (Å²) in [7, 11) is 0. The number of hydrogen-bond acceptors (Lipinski definition) is 2. The van der Waals surface area contributed by atoms with E-state index in [4.69, 9.17) is 11.2 Å². The average Bonchev–Trinajstić information content (AvgIpc) is 2.70. The molecule has 84 valence electrons. The van der Waals surface area contributed by atoms with E-state index in [0.717, 1.165) is 18.7 Å². The summed E-state index contributed by atoms with van der Waals surface area (Å²) in [5.74, 6) is 3.36. The largest absolute Gasteiger partial charge is 0.481 e. The van der Waals surface area contributed by atoms with Crippen molar-refractivity contribution in [3.05, 3.63) is 29.3 Å². The van der Waals surface area contributed by atoms with Crippen molar-refractivity contribution in [3.63, 3.8) is 0 Å². The van der Waals surface area contributed by atoms with Crippen molar-refractivity contribution in [3.8, 4) is 18.1 Å². The van der Waals surface area contributed by atoms with Crippen LogP contribution in [0.15, 0.2) is 18.2 Å². The van der Waals surface area contributed by atoms with Crippen LogP contribution in [-0.2, 0) is 6.42 Å². The van der Waals surface area contributed by atoms with Crippen LogP contribution in [-0.4, -0.2) is 13.2 Å². The first-order chi connectivity index (χ1) is 7.85. The number of hydrogen-bond donors (Lipinski definition) is 1. The van der Waals surface area contributed by atoms with E-state index in [2.05, 4.69) is 30.3 Å². The van der Waals surface area contributed by atoms with Gasteiger partial charge < -0.3 is 10.1 Å². The van der Waals surface area contributed by atoms with Gasteiger partial charge in [-0.3, -0.25) is 0 Å². The lowest BCUT2D eigenvalue weighted by molar-refractivity contribution is 0.370. The third-order valence-corrected chi connectivity index (χ3v) is 2.96. The maximum Gasteiger partial charge on any atom is 0.148 e. The molecule has 0 fully saturated rings. The lowest BCUT2D eigenvalue weighted by Gasteiger charge is -2.12. The number of ether oxygens (including phenoxy) is 1. The van der Waals surface area contributed by atoms with E-state index in [1.54, 1.807) is 0 Å². The van der Waals surface area contributed by atoms with Gasteiger partial charge in [0.05, 0.1) is 0 Å². The number of nitrogens with one attached hydrogen (secondary N) is 1. The molecule has 0 saturated heterocycles. The molecule has 0 heterocycles. The van der Waals surface area contributed by atoms with E-state index < -0.39 is 0 Å². The lowest BCUT2D eigenvalue weighted by atomic mass is 10.1. The zero-order valence-corrected chi connectivity index (χ0v) is 9.62. The summed E-state index contributed by atoms with van der Waals surface area (Å²) in [5.41, 5.74) is 2.80. The third kappa shape index (κ3) is 2.20. The standard InChI is InChI=1S/C14H17NO/c1-3-9-16-12-6-7-13-11(10-12)5-8-14(13)15-4-2/h1,6-7,10,14-15H,4-5,8-9H2,2H3. The quantitative estimate of drug-likeness (QED) is 0.778. The molecule has 1 unspecified atom stereocenters. The van der Waals surface area contributed by atoms with E-state index in [9.17, 15) is 0 Å². The molecular weight excluding hydrogens is 198 g/mol. The minimum Gasteiger partial charge on any atom is -0.481 e. The van der Waals surface area contributed by atoms with Gasteiger partial charge in [0.25, 0.3) is 0 Å². The summed E-state index contributed by atoms with van der Waals surface area (Å²) in [6.07, 6.45) is 7.47. The van der Waals surface area contributed by atoms with Crippen LogP contribution in [0.5, 0.6) is 5.75 Å². The van der Waals surface area contributed by atoms with Crippen LogP contribution in [0.4, 0.5) is 0 Å². The van der Waals surface area contributed by atoms with Crippen LogP contribution in [0.2, 0.25) is 0 Å². The lowest BCUT2D eigenvalue weighted by Crippen LogP contribution is -2.18. The van der Waals surface area contributed by atoms with E-state index in [1.165, 1.54) is 17.5 Å². The molecule has 1 aromatic rings. The summed E-state index contributed by atoms with van der Waals surface area (Å²) >= 11 is 0. The van der Waals surface area contributed by atoms with Crippen molar-refractivity contribution >= 4 is 0 Å². The molecule has 0 saturated carbocycles. The SMILES string of the molecule is C#CCOc1ccc2c(c1)CCC2NCC. The highest BCUT2D eigenvalue weighted by molar-refractivity contribution is 5.40. The Kier molecular flexibility index (Phi) is 3.48. The highest BCUT2D eigenvalue weighted by atomic mass is 16.5. The molecule has 16 heavy (non-hydrogen) atoms. The van der Waals surface area contributed by atoms with Gasteiger partial charge in [0.2, 0.25) is 0 Å². The van der Waals surface area contributed by atoms with E-state index in [0.29, 0.717) is 12.6 Å². The molecule has 0 radical (unpaired) electrons. The molecule has 1 atom stereocenters. The van der Waals surface area contributed by atoms with Crippen LogP contribution in [0.1, 0.15) is 30.5 Å². The maximum atomic E-state index is 5.42. The zero-order valence-electron chi connectivity index (χ0n) is 9.62. The predicted molar refractivity (Wildman–Crippen MR) is 65.5 cm³/mol. The van der Waals surface area contributed by atoms with Gasteiger partial charge in [-0.15, -0.1) is 6.42 Å². The fourth-order valence-electron chi connectivity index (χ4n) is 2.27. The molecule has 1 aliphatic carbocycles. The van der Waals surface area contributed by atoms with Crippen LogP contribution in [0, 0.1) is 12.3 Å². The smallest absolute Gasteiger partial charge is 0.148 e. The van der Waals surface area contributed by atoms with Crippen molar-refractivity contribution in [2.45, 2.75) is 25.8 Å². The Balaban J connectivity index is 2.13. The molecule has 1 aromatic carbocycles. The molecule has 1 aliphatic rings. The Morgan fingerprint density at radius 1 is 1.56 bits per heavy atom. The van der Waals surface area contributed by atoms with E-state index in [1.807, 2.05) is 6.07 Å². The average molecular weight is 215 g/mol. The van der Waals surface area contributed by atoms with Crippen LogP contribution >= 0.6 is 0 Å². The molecule has 2 heteroatoms. The fraction of sp³-hybridized carbons (Fsp3) is 0.429. The Hall–Kier alpha value is -1.46. The van der Waals surface area contributed by atoms with Crippen molar-refractivity contribution in [2.24, 2.45) is 0 Å². The minimum absolute atomic E-state index is 0.343. The second-order valence-corrected chi connectivity index (χ2v) is 4.00. The fourth-order valence-corrected chi connectivity index (χ4v) is 2.27. The van der Waals surface area contributed by atoms with Crippen molar-refractivity contribution in [2.75, 3.05) is 13.2 Å². The number of fused-ring (bicyclic) bond motifs is 1. The molecule has 2 rings (SSSR count). The first-order valence-electron chi connectivity index (χ1n) is 5.77. The van der Waals surface area contributed by atoms with Crippen LogP contribution < -0.4 is 10.1 Å². The van der Waals surface area contributed by atoms with Crippen molar-refractivity contribution in [1.29, 1.82) is 0 Å². The van der Waals surface area contributed by atoms with Crippen molar-refractivity contribution in [1.82, 2.24) is 5.32 Å². The molecule has 0 aromatic heterocycles. The summed E-state index contributed by atoms with van der Waals surface area (Å²) in [6, 6.07) is 6.79. The topological polar surface area (TPSA) is 21.3 Å². The molecule has 1 N–H and O–H groups in total. The van der Waals surface area contributed by atoms with Crippen LogP contribution in [0.25, 0.3) is 0 Å². The Morgan fingerprint density at radius 2 is 2.44 bits per heavy atom. The van der Waals surface area contributed by atoms with Gasteiger partial charge in [0.15, 0.2) is 0 Å². The van der Waals surface area contributed by atoms with Crippen molar-refractivity contribution < 1.29 is 4.74 Å². The minimum atomic E-state index is 0.343. The first-order valence-corrected chi connectivity index (χ1v) is 5.77. The summed E-state index contributed by atoms with van der Waals surface area (Å²) < 4.78 is 5.42. The van der Waals surface area contributed by atoms with Gasteiger partial charge in [0.1, 0.15) is 12.4 Å². The Morgan fingerprint density at radius 3 is 3.19 bits per heavy atom. The Labute approximate surface area is 97.0 Å². The first kappa shape index (κ1) is 11.0. The number of benzene rings is 1. The molecule has 2 nitrogen and oxygen atoms in total. The van der Waals surface area contributed by atoms with Gasteiger partial charge in [0, 0.05) is 6.04 Å². The number of rotatable bonds is 4. The highest BCUT2D eigenvalue weighted by Crippen LogP contribution is 2.33. The molecule has 0 amide bonds. The molecular formula is C14H17NO. The van der Waals surface area contributed by atoms with Crippen LogP contribution in [0.3, 0.4) is 0 Å². The monoisotopic (exact) mass is 215 g/mol. The summed E-state index contributed by atoms with van der Waals surface area (Å²) in [4.78, 5) is 0. The summed E-state index contributed by atoms with van der Waals surface area (Å²) in [6.45, 7) is 3.50. The molecule has 0 spiro atoms. The van der Waals surface area contributed by atoms with E-state index in [-0.39, 0.29) is 0 Å². The van der Waals surface area contributed by atoms with Gasteiger partial charge in [-0.25, -0.2) is 0 Å². The summed E-state index contributed by atoms with van der Waals surface area (Å²) in [5, 5.41) is 3.49. The predicted octanol–water partition coefficient (Wildman–Crippen LogP) is 2.30. The normalized spacial score (nSPS) is 17.9.